The van der Waals surface area contributed by atoms with E-state index in [2.05, 4.69) is 15.4 Å². The van der Waals surface area contributed by atoms with Gasteiger partial charge in [-0.15, -0.1) is 0 Å². The van der Waals surface area contributed by atoms with Crippen LogP contribution in [-0.4, -0.2) is 27.5 Å². The molecule has 0 saturated carbocycles. The average molecular weight is 340 g/mol. The highest BCUT2D eigenvalue weighted by atomic mass is 19.1. The van der Waals surface area contributed by atoms with Crippen LogP contribution in [-0.2, 0) is 16.1 Å². The lowest BCUT2D eigenvalue weighted by Gasteiger charge is -2.23. The fraction of sp³-hybridized carbons (Fsp3) is 0.222. The Labute approximate surface area is 144 Å². The lowest BCUT2D eigenvalue weighted by Crippen LogP contribution is -2.36. The van der Waals surface area contributed by atoms with Gasteiger partial charge in [-0.3, -0.25) is 9.59 Å². The molecule has 25 heavy (non-hydrogen) atoms. The van der Waals surface area contributed by atoms with Crippen LogP contribution in [0.25, 0.3) is 0 Å². The Morgan fingerprint density at radius 3 is 2.64 bits per heavy atom. The summed E-state index contributed by atoms with van der Waals surface area (Å²) in [5.74, 6) is -0.467. The zero-order valence-electron chi connectivity index (χ0n) is 13.7. The normalized spacial score (nSPS) is 14.2. The van der Waals surface area contributed by atoms with E-state index in [1.807, 2.05) is 13.0 Å². The third kappa shape index (κ3) is 4.26. The molecular formula is C18H17FN4O2. The maximum atomic E-state index is 13.0. The van der Waals surface area contributed by atoms with Gasteiger partial charge in [-0.25, -0.2) is 14.4 Å². The van der Waals surface area contributed by atoms with Gasteiger partial charge in [0.15, 0.2) is 0 Å². The Kier molecular flexibility index (Phi) is 4.83. The van der Waals surface area contributed by atoms with Gasteiger partial charge in [0, 0.05) is 19.0 Å². The number of nitrogens with zero attached hydrogens (tertiary/aromatic N) is 3. The molecule has 0 spiro atoms. The zero-order chi connectivity index (χ0) is 17.8. The molecule has 1 aromatic carbocycles. The molecule has 0 fully saturated rings. The molecule has 0 aliphatic carbocycles. The van der Waals surface area contributed by atoms with Crippen LogP contribution in [0.4, 0.5) is 10.2 Å². The first-order chi connectivity index (χ1) is 12.0. The number of aryl methyl sites for hydroxylation is 1. The highest BCUT2D eigenvalue weighted by Gasteiger charge is 2.24. The first-order valence-corrected chi connectivity index (χ1v) is 7.87. The van der Waals surface area contributed by atoms with Crippen molar-refractivity contribution >= 4 is 23.3 Å². The van der Waals surface area contributed by atoms with Crippen LogP contribution in [0.2, 0.25) is 0 Å². The van der Waals surface area contributed by atoms with Crippen LogP contribution in [0.3, 0.4) is 0 Å². The molecule has 1 aliphatic rings. The molecule has 3 rings (SSSR count). The summed E-state index contributed by atoms with van der Waals surface area (Å²) in [5.41, 5.74) is 1.99. The Balaban J connectivity index is 1.72. The van der Waals surface area contributed by atoms with Gasteiger partial charge in [0.2, 0.25) is 5.91 Å². The van der Waals surface area contributed by atoms with Crippen LogP contribution in [0, 0.1) is 12.7 Å². The van der Waals surface area contributed by atoms with Crippen molar-refractivity contribution in [3.8, 4) is 0 Å². The van der Waals surface area contributed by atoms with E-state index in [0.717, 1.165) is 11.1 Å². The summed E-state index contributed by atoms with van der Waals surface area (Å²) in [4.78, 5) is 28.5. The van der Waals surface area contributed by atoms with Crippen molar-refractivity contribution in [3.05, 3.63) is 59.5 Å². The molecular weight excluding hydrogens is 323 g/mol. The van der Waals surface area contributed by atoms with Crippen molar-refractivity contribution in [3.63, 3.8) is 0 Å². The molecule has 0 saturated heterocycles. The van der Waals surface area contributed by atoms with Crippen LogP contribution in [0.15, 0.2) is 47.7 Å². The molecule has 0 unspecified atom stereocenters. The number of nitrogens with one attached hydrogen (secondary N) is 1. The third-order valence-electron chi connectivity index (χ3n) is 3.77. The van der Waals surface area contributed by atoms with E-state index < -0.39 is 0 Å². The molecule has 2 aromatic rings. The van der Waals surface area contributed by atoms with Crippen LogP contribution in [0.1, 0.15) is 24.0 Å². The number of anilines is 1. The van der Waals surface area contributed by atoms with Crippen molar-refractivity contribution in [1.29, 1.82) is 0 Å². The van der Waals surface area contributed by atoms with Crippen molar-refractivity contribution in [2.45, 2.75) is 26.3 Å². The van der Waals surface area contributed by atoms with Crippen molar-refractivity contribution in [2.24, 2.45) is 5.10 Å². The van der Waals surface area contributed by atoms with Gasteiger partial charge in [-0.2, -0.15) is 5.10 Å². The van der Waals surface area contributed by atoms with Crippen LogP contribution < -0.4 is 5.32 Å². The van der Waals surface area contributed by atoms with Gasteiger partial charge in [-0.05, 0) is 36.2 Å². The Morgan fingerprint density at radius 2 is 1.96 bits per heavy atom. The molecule has 1 N–H and O–H groups in total. The van der Waals surface area contributed by atoms with Crippen molar-refractivity contribution in [1.82, 2.24) is 9.99 Å². The quantitative estimate of drug-likeness (QED) is 0.930. The number of carbonyl (C=O) groups excluding carboxylic acids is 2. The second kappa shape index (κ2) is 7.21. The number of hydrogen-bond donors (Lipinski definition) is 1. The monoisotopic (exact) mass is 340 g/mol. The fourth-order valence-electron chi connectivity index (χ4n) is 2.38. The molecule has 1 aliphatic heterocycles. The van der Waals surface area contributed by atoms with E-state index in [0.29, 0.717) is 5.82 Å². The number of amides is 2. The summed E-state index contributed by atoms with van der Waals surface area (Å²) >= 11 is 0. The smallest absolute Gasteiger partial charge is 0.273 e. The number of benzene rings is 1. The maximum Gasteiger partial charge on any atom is 0.273 e. The van der Waals surface area contributed by atoms with Gasteiger partial charge in [0.05, 0.1) is 6.54 Å². The molecule has 7 heteroatoms. The second-order valence-electron chi connectivity index (χ2n) is 5.80. The first-order valence-electron chi connectivity index (χ1n) is 7.87. The lowest BCUT2D eigenvalue weighted by atomic mass is 10.1. The van der Waals surface area contributed by atoms with Gasteiger partial charge < -0.3 is 5.32 Å². The van der Waals surface area contributed by atoms with E-state index in [1.165, 1.54) is 17.1 Å². The maximum absolute atomic E-state index is 13.0. The molecule has 1 aromatic heterocycles. The van der Waals surface area contributed by atoms with Crippen LogP contribution in [0.5, 0.6) is 0 Å². The average Bonchev–Trinajstić information content (AvgIpc) is 2.60. The number of rotatable bonds is 4. The van der Waals surface area contributed by atoms with Crippen LogP contribution >= 0.6 is 0 Å². The Morgan fingerprint density at radius 1 is 1.20 bits per heavy atom. The SMILES string of the molecule is Cc1ccc(NC(=O)C2=NN(Cc3ccc(F)cc3)C(=O)CC2)nc1. The van der Waals surface area contributed by atoms with Crippen molar-refractivity contribution < 1.29 is 14.0 Å². The number of aromatic nitrogens is 1. The van der Waals surface area contributed by atoms with E-state index >= 15 is 0 Å². The van der Waals surface area contributed by atoms with E-state index in [1.54, 1.807) is 24.4 Å². The summed E-state index contributed by atoms with van der Waals surface area (Å²) in [7, 11) is 0. The minimum Gasteiger partial charge on any atom is -0.305 e. The Bertz CT molecular complexity index is 816. The zero-order valence-corrected chi connectivity index (χ0v) is 13.7. The number of halogens is 1. The van der Waals surface area contributed by atoms with Gasteiger partial charge in [0.25, 0.3) is 5.91 Å². The van der Waals surface area contributed by atoms with Crippen molar-refractivity contribution in [2.75, 3.05) is 5.32 Å². The summed E-state index contributed by atoms with van der Waals surface area (Å²) in [6.07, 6.45) is 2.13. The second-order valence-corrected chi connectivity index (χ2v) is 5.80. The topological polar surface area (TPSA) is 74.7 Å². The first kappa shape index (κ1) is 16.8. The number of carbonyl (C=O) groups is 2. The van der Waals surface area contributed by atoms with E-state index in [4.69, 9.17) is 0 Å². The number of hydrogen-bond acceptors (Lipinski definition) is 4. The predicted octanol–water partition coefficient (Wildman–Crippen LogP) is 2.65. The highest BCUT2D eigenvalue weighted by Crippen LogP contribution is 2.15. The lowest BCUT2D eigenvalue weighted by molar-refractivity contribution is -0.132. The molecule has 2 heterocycles. The molecule has 128 valence electrons. The molecule has 6 nitrogen and oxygen atoms in total. The largest absolute Gasteiger partial charge is 0.305 e. The van der Waals surface area contributed by atoms with Gasteiger partial charge >= 0.3 is 0 Å². The summed E-state index contributed by atoms with van der Waals surface area (Å²) in [6, 6.07) is 9.37. The molecule has 2 amide bonds. The minimum atomic E-state index is -0.382. The standard InChI is InChI=1S/C18H17FN4O2/c1-12-2-8-16(20-10-12)21-18(25)15-7-9-17(24)23(22-15)11-13-3-5-14(19)6-4-13/h2-6,8,10H,7,9,11H2,1H3,(H,20,21,25). The summed E-state index contributed by atoms with van der Waals surface area (Å²) < 4.78 is 13.0. The Hall–Kier alpha value is -3.09. The minimum absolute atomic E-state index is 0.172. The molecule has 0 atom stereocenters. The van der Waals surface area contributed by atoms with E-state index in [-0.39, 0.29) is 42.7 Å². The summed E-state index contributed by atoms with van der Waals surface area (Å²) in [6.45, 7) is 2.10. The highest BCUT2D eigenvalue weighted by molar-refractivity contribution is 6.43. The molecule has 0 bridgehead atoms. The predicted molar refractivity (Wildman–Crippen MR) is 91.2 cm³/mol. The third-order valence-corrected chi connectivity index (χ3v) is 3.77. The van der Waals surface area contributed by atoms with Gasteiger partial charge in [-0.1, -0.05) is 18.2 Å². The number of pyridine rings is 1. The molecule has 0 radical (unpaired) electrons. The summed E-state index contributed by atoms with van der Waals surface area (Å²) in [5, 5.41) is 8.08. The van der Waals surface area contributed by atoms with E-state index in [9.17, 15) is 14.0 Å². The fourth-order valence-corrected chi connectivity index (χ4v) is 2.38. The number of hydrazone groups is 1. The van der Waals surface area contributed by atoms with Gasteiger partial charge in [0.1, 0.15) is 17.3 Å².